The first kappa shape index (κ1) is 16.4. The van der Waals surface area contributed by atoms with Crippen LogP contribution in [0.15, 0.2) is 12.1 Å². The molecule has 0 aliphatic heterocycles. The third-order valence-electron chi connectivity index (χ3n) is 3.31. The Morgan fingerprint density at radius 2 is 1.63 bits per heavy atom. The minimum Gasteiger partial charge on any atom is -0.312 e. The van der Waals surface area contributed by atoms with Crippen LogP contribution in [-0.4, -0.2) is 22.8 Å². The third kappa shape index (κ3) is 4.73. The molecule has 0 aliphatic rings. The lowest BCUT2D eigenvalue weighted by Gasteiger charge is -2.22. The van der Waals surface area contributed by atoms with E-state index in [0.29, 0.717) is 11.7 Å². The summed E-state index contributed by atoms with van der Waals surface area (Å²) in [5.74, 6) is 1.96. The molecular formula is C16H27NOS. The quantitative estimate of drug-likeness (QED) is 0.867. The maximum Gasteiger partial charge on any atom is 0.0439 e. The van der Waals surface area contributed by atoms with Gasteiger partial charge in [-0.1, -0.05) is 31.5 Å². The van der Waals surface area contributed by atoms with Crippen molar-refractivity contribution in [3.63, 3.8) is 0 Å². The fourth-order valence-corrected chi connectivity index (χ4v) is 4.26. The maximum atomic E-state index is 12.2. The number of rotatable bonds is 6. The summed E-state index contributed by atoms with van der Waals surface area (Å²) in [7, 11) is 1.19. The van der Waals surface area contributed by atoms with Gasteiger partial charge < -0.3 is 5.32 Å². The van der Waals surface area contributed by atoms with Crippen LogP contribution in [0.25, 0.3) is 0 Å². The largest absolute Gasteiger partial charge is 0.312 e. The Morgan fingerprint density at radius 1 is 1.11 bits per heavy atom. The van der Waals surface area contributed by atoms with Crippen molar-refractivity contribution in [2.24, 2.45) is 5.92 Å². The normalized spacial score (nSPS) is 14.7. The molecule has 0 saturated carbocycles. The van der Waals surface area contributed by atoms with Gasteiger partial charge in [-0.2, -0.15) is 0 Å². The molecule has 2 atom stereocenters. The minimum atomic E-state index is -0.765. The highest BCUT2D eigenvalue weighted by atomic mass is 32.2. The summed E-state index contributed by atoms with van der Waals surface area (Å²) in [6.07, 6.45) is 0. The van der Waals surface area contributed by atoms with Crippen molar-refractivity contribution in [3.05, 3.63) is 34.4 Å². The number of hydrogen-bond donors (Lipinski definition) is 1. The van der Waals surface area contributed by atoms with Crippen molar-refractivity contribution in [2.45, 2.75) is 40.7 Å². The van der Waals surface area contributed by atoms with Crippen LogP contribution in [-0.2, 0) is 10.8 Å². The van der Waals surface area contributed by atoms with Gasteiger partial charge in [0, 0.05) is 28.3 Å². The van der Waals surface area contributed by atoms with Crippen molar-refractivity contribution in [3.8, 4) is 0 Å². The highest BCUT2D eigenvalue weighted by molar-refractivity contribution is 7.85. The Kier molecular flexibility index (Phi) is 6.21. The zero-order valence-electron chi connectivity index (χ0n) is 13.0. The Hall–Kier alpha value is -0.670. The number of hydrogen-bond acceptors (Lipinski definition) is 2. The molecule has 0 aromatic heterocycles. The predicted octanol–water partition coefficient (Wildman–Crippen LogP) is 3.28. The van der Waals surface area contributed by atoms with E-state index in [-0.39, 0.29) is 6.04 Å². The molecule has 108 valence electrons. The molecule has 0 spiro atoms. The lowest BCUT2D eigenvalue weighted by Crippen LogP contribution is -2.26. The molecule has 0 amide bonds. The fraction of sp³-hybridized carbons (Fsp3) is 0.625. The summed E-state index contributed by atoms with van der Waals surface area (Å²) in [6.45, 7) is 10.6. The van der Waals surface area contributed by atoms with Gasteiger partial charge in [-0.15, -0.1) is 0 Å². The van der Waals surface area contributed by atoms with Crippen molar-refractivity contribution in [1.82, 2.24) is 5.32 Å². The topological polar surface area (TPSA) is 29.1 Å². The predicted molar refractivity (Wildman–Crippen MR) is 85.2 cm³/mol. The van der Waals surface area contributed by atoms with Crippen molar-refractivity contribution in [1.29, 1.82) is 0 Å². The van der Waals surface area contributed by atoms with Crippen LogP contribution in [0.1, 0.15) is 42.1 Å². The molecular weight excluding hydrogens is 254 g/mol. The first-order valence-corrected chi connectivity index (χ1v) is 8.44. The number of aryl methyl sites for hydroxylation is 3. The molecule has 0 bridgehead atoms. The van der Waals surface area contributed by atoms with Gasteiger partial charge >= 0.3 is 0 Å². The Labute approximate surface area is 120 Å². The second kappa shape index (κ2) is 7.20. The monoisotopic (exact) mass is 281 g/mol. The third-order valence-corrected chi connectivity index (χ3v) is 5.05. The average molecular weight is 281 g/mol. The van der Waals surface area contributed by atoms with Gasteiger partial charge in [-0.05, 0) is 50.4 Å². The summed E-state index contributed by atoms with van der Waals surface area (Å²) >= 11 is 0. The van der Waals surface area contributed by atoms with E-state index < -0.39 is 10.8 Å². The second-order valence-corrected chi connectivity index (χ2v) is 7.37. The van der Waals surface area contributed by atoms with E-state index in [1.807, 2.05) is 7.05 Å². The zero-order chi connectivity index (χ0) is 14.6. The maximum absolute atomic E-state index is 12.2. The van der Waals surface area contributed by atoms with Crippen LogP contribution < -0.4 is 5.32 Å². The molecule has 0 heterocycles. The summed E-state index contributed by atoms with van der Waals surface area (Å²) in [5.41, 5.74) is 5.18. The SMILES string of the molecule is CNC(CS(=O)CC(C)C)c1c(C)cc(C)cc1C. The average Bonchev–Trinajstić information content (AvgIpc) is 2.24. The molecule has 2 nitrogen and oxygen atoms in total. The molecule has 0 radical (unpaired) electrons. The van der Waals surface area contributed by atoms with Crippen molar-refractivity contribution >= 4 is 10.8 Å². The molecule has 1 rings (SSSR count). The van der Waals surface area contributed by atoms with Gasteiger partial charge in [0.05, 0.1) is 0 Å². The van der Waals surface area contributed by atoms with Crippen LogP contribution in [0.3, 0.4) is 0 Å². The molecule has 1 N–H and O–H groups in total. The summed E-state index contributed by atoms with van der Waals surface area (Å²) in [6, 6.07) is 4.59. The van der Waals surface area contributed by atoms with Crippen LogP contribution in [0.4, 0.5) is 0 Å². The molecule has 0 saturated heterocycles. The second-order valence-electron chi connectivity index (χ2n) is 5.82. The highest BCUT2D eigenvalue weighted by Crippen LogP contribution is 2.24. The molecule has 3 heteroatoms. The lowest BCUT2D eigenvalue weighted by atomic mass is 9.95. The molecule has 19 heavy (non-hydrogen) atoms. The van der Waals surface area contributed by atoms with E-state index >= 15 is 0 Å². The zero-order valence-corrected chi connectivity index (χ0v) is 13.9. The summed E-state index contributed by atoms with van der Waals surface area (Å²) < 4.78 is 12.2. The first-order valence-electron chi connectivity index (χ1n) is 6.95. The van der Waals surface area contributed by atoms with Gasteiger partial charge in [0.1, 0.15) is 0 Å². The molecule has 2 unspecified atom stereocenters. The van der Waals surface area contributed by atoms with E-state index in [4.69, 9.17) is 0 Å². The van der Waals surface area contributed by atoms with Crippen molar-refractivity contribution in [2.75, 3.05) is 18.6 Å². The molecule has 0 aliphatic carbocycles. The summed E-state index contributed by atoms with van der Waals surface area (Å²) in [4.78, 5) is 0. The Morgan fingerprint density at radius 3 is 2.05 bits per heavy atom. The first-order chi connectivity index (χ1) is 8.85. The van der Waals surface area contributed by atoms with Gasteiger partial charge in [-0.25, -0.2) is 0 Å². The molecule has 0 fully saturated rings. The number of benzene rings is 1. The van der Waals surface area contributed by atoms with Gasteiger partial charge in [0.25, 0.3) is 0 Å². The smallest absolute Gasteiger partial charge is 0.0439 e. The van der Waals surface area contributed by atoms with Gasteiger partial charge in [-0.3, -0.25) is 4.21 Å². The standard InChI is InChI=1S/C16H27NOS/c1-11(2)9-19(18)10-15(17-6)16-13(4)7-12(3)8-14(16)5/h7-8,11,15,17H,9-10H2,1-6H3. The van der Waals surface area contributed by atoms with Crippen molar-refractivity contribution < 1.29 is 4.21 Å². The van der Waals surface area contributed by atoms with E-state index in [1.165, 1.54) is 22.3 Å². The van der Waals surface area contributed by atoms with E-state index in [0.717, 1.165) is 5.75 Å². The van der Waals surface area contributed by atoms with Gasteiger partial charge in [0.2, 0.25) is 0 Å². The Balaban J connectivity index is 2.95. The number of nitrogens with one attached hydrogen (secondary N) is 1. The van der Waals surface area contributed by atoms with E-state index in [1.54, 1.807) is 0 Å². The van der Waals surface area contributed by atoms with Crippen LogP contribution in [0.2, 0.25) is 0 Å². The van der Waals surface area contributed by atoms with E-state index in [9.17, 15) is 4.21 Å². The molecule has 1 aromatic carbocycles. The van der Waals surface area contributed by atoms with Crippen LogP contribution >= 0.6 is 0 Å². The Bertz CT molecular complexity index is 431. The lowest BCUT2D eigenvalue weighted by molar-refractivity contribution is 0.622. The molecule has 1 aromatic rings. The van der Waals surface area contributed by atoms with Crippen LogP contribution in [0, 0.1) is 26.7 Å². The van der Waals surface area contributed by atoms with E-state index in [2.05, 4.69) is 52.1 Å². The summed E-state index contributed by atoms with van der Waals surface area (Å²) in [5, 5.41) is 3.33. The van der Waals surface area contributed by atoms with Gasteiger partial charge in [0.15, 0.2) is 0 Å². The minimum absolute atomic E-state index is 0.181. The fourth-order valence-electron chi connectivity index (χ4n) is 2.68. The van der Waals surface area contributed by atoms with Crippen LogP contribution in [0.5, 0.6) is 0 Å². The highest BCUT2D eigenvalue weighted by Gasteiger charge is 2.18.